The molecule has 0 bridgehead atoms. The zero-order valence-corrected chi connectivity index (χ0v) is 17.1. The van der Waals surface area contributed by atoms with E-state index in [2.05, 4.69) is 46.2 Å². The number of benzene rings is 2. The summed E-state index contributed by atoms with van der Waals surface area (Å²) in [6.45, 7) is 6.90. The maximum Gasteiger partial charge on any atom is 0.203 e. The van der Waals surface area contributed by atoms with E-state index in [9.17, 15) is 0 Å². The molecule has 1 saturated heterocycles. The van der Waals surface area contributed by atoms with Gasteiger partial charge in [-0.2, -0.15) is 5.10 Å². The zero-order valence-electron chi connectivity index (χ0n) is 17.1. The van der Waals surface area contributed by atoms with Crippen molar-refractivity contribution in [3.05, 3.63) is 53.1 Å². The molecule has 0 unspecified atom stereocenters. The Balaban J connectivity index is 1.60. The topological polar surface area (TPSA) is 46.5 Å². The van der Waals surface area contributed by atoms with Crippen molar-refractivity contribution in [1.82, 2.24) is 9.91 Å². The molecule has 0 aromatic heterocycles. The van der Waals surface area contributed by atoms with Crippen LogP contribution in [0.15, 0.2) is 41.5 Å². The highest BCUT2D eigenvalue weighted by molar-refractivity contribution is 5.86. The van der Waals surface area contributed by atoms with Crippen LogP contribution in [-0.4, -0.2) is 63.6 Å². The summed E-state index contributed by atoms with van der Waals surface area (Å²) >= 11 is 0. The lowest BCUT2D eigenvalue weighted by Crippen LogP contribution is -2.43. The average molecular weight is 383 g/mol. The van der Waals surface area contributed by atoms with Gasteiger partial charge < -0.3 is 14.2 Å². The fourth-order valence-electron chi connectivity index (χ4n) is 3.33. The van der Waals surface area contributed by atoms with E-state index < -0.39 is 0 Å². The predicted molar refractivity (Wildman–Crippen MR) is 112 cm³/mol. The fraction of sp³-hybridized carbons (Fsp3) is 0.409. The molecule has 0 amide bonds. The van der Waals surface area contributed by atoms with Crippen LogP contribution < -0.4 is 14.2 Å². The largest absolute Gasteiger partial charge is 0.493 e. The summed E-state index contributed by atoms with van der Waals surface area (Å²) in [6.07, 6.45) is 1.83. The predicted octanol–water partition coefficient (Wildman–Crippen LogP) is 3.17. The summed E-state index contributed by atoms with van der Waals surface area (Å²) in [7, 11) is 4.84. The minimum atomic E-state index is 0.580. The summed E-state index contributed by atoms with van der Waals surface area (Å²) in [4.78, 5) is 2.47. The first-order valence-electron chi connectivity index (χ1n) is 9.50. The van der Waals surface area contributed by atoms with Gasteiger partial charge in [0, 0.05) is 38.3 Å². The molecule has 28 heavy (non-hydrogen) atoms. The van der Waals surface area contributed by atoms with Gasteiger partial charge in [-0.25, -0.2) is 0 Å². The van der Waals surface area contributed by atoms with Gasteiger partial charge in [0.05, 0.1) is 27.5 Å². The number of piperazine rings is 1. The van der Waals surface area contributed by atoms with Gasteiger partial charge in [0.1, 0.15) is 0 Å². The molecule has 6 heteroatoms. The van der Waals surface area contributed by atoms with Gasteiger partial charge in [0.2, 0.25) is 5.75 Å². The molecule has 2 aromatic rings. The minimum absolute atomic E-state index is 0.580. The van der Waals surface area contributed by atoms with Crippen LogP contribution in [-0.2, 0) is 6.54 Å². The SMILES string of the molecule is COc1ccc(C=NN2CCN(Cc3ccc(C)cc3)CC2)c(OC)c1OC. The summed E-state index contributed by atoms with van der Waals surface area (Å²) in [6, 6.07) is 12.6. The average Bonchev–Trinajstić information content (AvgIpc) is 2.74. The highest BCUT2D eigenvalue weighted by Crippen LogP contribution is 2.39. The molecule has 0 radical (unpaired) electrons. The molecule has 0 atom stereocenters. The van der Waals surface area contributed by atoms with Gasteiger partial charge in [-0.1, -0.05) is 29.8 Å². The van der Waals surface area contributed by atoms with Crippen LogP contribution in [0.1, 0.15) is 16.7 Å². The number of ether oxygens (including phenoxy) is 3. The Kier molecular flexibility index (Phi) is 6.76. The summed E-state index contributed by atoms with van der Waals surface area (Å²) in [5.74, 6) is 1.85. The Labute approximate surface area is 167 Å². The monoisotopic (exact) mass is 383 g/mol. The second-order valence-electron chi connectivity index (χ2n) is 6.88. The van der Waals surface area contributed by atoms with Crippen molar-refractivity contribution in [3.63, 3.8) is 0 Å². The van der Waals surface area contributed by atoms with E-state index in [4.69, 9.17) is 14.2 Å². The molecule has 3 rings (SSSR count). The Hall–Kier alpha value is -2.73. The second-order valence-corrected chi connectivity index (χ2v) is 6.88. The number of nitrogens with zero attached hydrogens (tertiary/aromatic N) is 3. The van der Waals surface area contributed by atoms with Crippen molar-refractivity contribution in [1.29, 1.82) is 0 Å². The van der Waals surface area contributed by atoms with Crippen LogP contribution in [0.3, 0.4) is 0 Å². The number of methoxy groups -OCH3 is 3. The minimum Gasteiger partial charge on any atom is -0.493 e. The van der Waals surface area contributed by atoms with E-state index in [-0.39, 0.29) is 0 Å². The quantitative estimate of drug-likeness (QED) is 0.688. The molecule has 0 saturated carbocycles. The number of hydrazone groups is 1. The maximum atomic E-state index is 5.52. The van der Waals surface area contributed by atoms with Gasteiger partial charge in [-0.05, 0) is 24.6 Å². The summed E-state index contributed by atoms with van der Waals surface area (Å²) in [5, 5.41) is 6.75. The van der Waals surface area contributed by atoms with Crippen LogP contribution in [0.25, 0.3) is 0 Å². The third-order valence-corrected chi connectivity index (χ3v) is 4.97. The molecule has 1 fully saturated rings. The van der Waals surface area contributed by atoms with Crippen LogP contribution in [0.4, 0.5) is 0 Å². The molecule has 0 aliphatic carbocycles. The molecule has 0 N–H and O–H groups in total. The highest BCUT2D eigenvalue weighted by Gasteiger charge is 2.17. The van der Waals surface area contributed by atoms with E-state index in [0.29, 0.717) is 17.2 Å². The highest BCUT2D eigenvalue weighted by atomic mass is 16.5. The second kappa shape index (κ2) is 9.46. The number of hydrogen-bond acceptors (Lipinski definition) is 6. The molecule has 2 aromatic carbocycles. The maximum absolute atomic E-state index is 5.52. The standard InChI is InChI=1S/C22H29N3O3/c1-17-5-7-18(8-6-17)16-24-11-13-25(14-12-24)23-15-19-9-10-20(26-2)22(28-4)21(19)27-3/h5-10,15H,11-14,16H2,1-4H3. The first-order valence-corrected chi connectivity index (χ1v) is 9.50. The lowest BCUT2D eigenvalue weighted by Gasteiger charge is -2.33. The van der Waals surface area contributed by atoms with Crippen molar-refractivity contribution < 1.29 is 14.2 Å². The lowest BCUT2D eigenvalue weighted by atomic mass is 10.1. The Bertz CT molecular complexity index is 797. The number of hydrogen-bond donors (Lipinski definition) is 0. The third kappa shape index (κ3) is 4.75. The molecule has 6 nitrogen and oxygen atoms in total. The molecule has 1 aliphatic rings. The van der Waals surface area contributed by atoms with Crippen molar-refractivity contribution in [2.45, 2.75) is 13.5 Å². The van der Waals surface area contributed by atoms with Crippen molar-refractivity contribution >= 4 is 6.21 Å². The Morgan fingerprint density at radius 3 is 2.14 bits per heavy atom. The van der Waals surface area contributed by atoms with Crippen molar-refractivity contribution in [3.8, 4) is 17.2 Å². The summed E-state index contributed by atoms with van der Waals surface area (Å²) in [5.41, 5.74) is 3.52. The number of rotatable bonds is 7. The van der Waals surface area contributed by atoms with Gasteiger partial charge >= 0.3 is 0 Å². The van der Waals surface area contributed by atoms with E-state index in [1.165, 1.54) is 11.1 Å². The normalized spacial score (nSPS) is 15.1. The molecular weight excluding hydrogens is 354 g/mol. The fourth-order valence-corrected chi connectivity index (χ4v) is 3.33. The van der Waals surface area contributed by atoms with Gasteiger partial charge in [-0.3, -0.25) is 9.91 Å². The van der Waals surface area contributed by atoms with Gasteiger partial charge in [0.15, 0.2) is 11.5 Å². The van der Waals surface area contributed by atoms with Crippen LogP contribution in [0.5, 0.6) is 17.2 Å². The van der Waals surface area contributed by atoms with E-state index in [0.717, 1.165) is 38.3 Å². The zero-order chi connectivity index (χ0) is 19.9. The van der Waals surface area contributed by atoms with E-state index in [1.54, 1.807) is 21.3 Å². The van der Waals surface area contributed by atoms with Crippen LogP contribution in [0, 0.1) is 6.92 Å². The van der Waals surface area contributed by atoms with Crippen molar-refractivity contribution in [2.75, 3.05) is 47.5 Å². The Morgan fingerprint density at radius 2 is 1.54 bits per heavy atom. The lowest BCUT2D eigenvalue weighted by molar-refractivity contribution is 0.131. The molecule has 150 valence electrons. The van der Waals surface area contributed by atoms with Crippen LogP contribution >= 0.6 is 0 Å². The van der Waals surface area contributed by atoms with Gasteiger partial charge in [0.25, 0.3) is 0 Å². The summed E-state index contributed by atoms with van der Waals surface area (Å²) < 4.78 is 16.3. The van der Waals surface area contributed by atoms with Crippen LogP contribution in [0.2, 0.25) is 0 Å². The van der Waals surface area contributed by atoms with E-state index in [1.807, 2.05) is 18.3 Å². The van der Waals surface area contributed by atoms with E-state index >= 15 is 0 Å². The van der Waals surface area contributed by atoms with Gasteiger partial charge in [-0.15, -0.1) is 0 Å². The first kappa shape index (κ1) is 20.0. The number of aryl methyl sites for hydroxylation is 1. The third-order valence-electron chi connectivity index (χ3n) is 4.97. The smallest absolute Gasteiger partial charge is 0.203 e. The van der Waals surface area contributed by atoms with Crippen molar-refractivity contribution in [2.24, 2.45) is 5.10 Å². The molecule has 1 aliphatic heterocycles. The first-order chi connectivity index (χ1) is 13.6. The molecular formula is C22H29N3O3. The molecule has 1 heterocycles. The Morgan fingerprint density at radius 1 is 0.857 bits per heavy atom. The molecule has 0 spiro atoms.